The van der Waals surface area contributed by atoms with Crippen molar-refractivity contribution in [2.75, 3.05) is 0 Å². The number of benzene rings is 1. The summed E-state index contributed by atoms with van der Waals surface area (Å²) in [5.41, 5.74) is 2.29. The molecule has 72 valence electrons. The molecule has 0 aliphatic carbocycles. The zero-order valence-electron chi connectivity index (χ0n) is 7.68. The highest BCUT2D eigenvalue weighted by atomic mass is 35.5. The van der Waals surface area contributed by atoms with E-state index in [-0.39, 0.29) is 0 Å². The van der Waals surface area contributed by atoms with Crippen molar-refractivity contribution in [1.82, 2.24) is 9.97 Å². The first-order chi connectivity index (χ1) is 7.29. The molecular weight excluding hydrogens is 210 g/mol. The normalized spacial score (nSPS) is 9.60. The van der Waals surface area contributed by atoms with Gasteiger partial charge in [0.05, 0.1) is 17.3 Å². The zero-order chi connectivity index (χ0) is 10.7. The first-order valence-corrected chi connectivity index (χ1v) is 4.65. The van der Waals surface area contributed by atoms with Gasteiger partial charge in [-0.25, -0.2) is 9.97 Å². The lowest BCUT2D eigenvalue weighted by atomic mass is 10.1. The number of hydrogen-bond acceptors (Lipinski definition) is 3. The van der Waals surface area contributed by atoms with E-state index in [4.69, 9.17) is 16.9 Å². The smallest absolute Gasteiger partial charge is 0.133 e. The van der Waals surface area contributed by atoms with Crippen LogP contribution in [-0.2, 0) is 0 Å². The number of nitriles is 1. The Morgan fingerprint density at radius 2 is 1.87 bits per heavy atom. The number of aromatic nitrogens is 2. The van der Waals surface area contributed by atoms with Crippen LogP contribution in [0.15, 0.2) is 36.7 Å². The summed E-state index contributed by atoms with van der Waals surface area (Å²) in [6.45, 7) is 0. The van der Waals surface area contributed by atoms with Gasteiger partial charge in [-0.15, -0.1) is 0 Å². The van der Waals surface area contributed by atoms with E-state index in [1.165, 1.54) is 6.33 Å². The second-order valence-electron chi connectivity index (χ2n) is 2.92. The minimum absolute atomic E-state index is 0.407. The maximum absolute atomic E-state index is 8.65. The summed E-state index contributed by atoms with van der Waals surface area (Å²) in [6.07, 6.45) is 1.41. The molecule has 3 nitrogen and oxygen atoms in total. The summed E-state index contributed by atoms with van der Waals surface area (Å²) in [6, 6.07) is 10.9. The topological polar surface area (TPSA) is 49.6 Å². The van der Waals surface area contributed by atoms with Crippen LogP contribution >= 0.6 is 11.6 Å². The number of nitrogens with zero attached hydrogens (tertiary/aromatic N) is 3. The van der Waals surface area contributed by atoms with Gasteiger partial charge in [-0.3, -0.25) is 0 Å². The monoisotopic (exact) mass is 215 g/mol. The third-order valence-electron chi connectivity index (χ3n) is 1.94. The Kier molecular flexibility index (Phi) is 2.61. The van der Waals surface area contributed by atoms with Gasteiger partial charge in [0.2, 0.25) is 0 Å². The molecule has 1 aromatic heterocycles. The largest absolute Gasteiger partial charge is 0.236 e. The van der Waals surface area contributed by atoms with Crippen molar-refractivity contribution in [2.24, 2.45) is 0 Å². The molecule has 0 bridgehead atoms. The van der Waals surface area contributed by atoms with Crippen molar-refractivity contribution in [3.63, 3.8) is 0 Å². The second kappa shape index (κ2) is 4.07. The quantitative estimate of drug-likeness (QED) is 0.688. The molecule has 0 saturated heterocycles. The van der Waals surface area contributed by atoms with E-state index in [2.05, 4.69) is 16.0 Å². The molecule has 0 fully saturated rings. The molecule has 4 heteroatoms. The van der Waals surface area contributed by atoms with Crippen LogP contribution in [0.5, 0.6) is 0 Å². The highest BCUT2D eigenvalue weighted by Crippen LogP contribution is 2.18. The van der Waals surface area contributed by atoms with Gasteiger partial charge in [-0.05, 0) is 12.1 Å². The highest BCUT2D eigenvalue weighted by molar-refractivity contribution is 6.29. The molecule has 0 amide bonds. The Balaban J connectivity index is 2.42. The van der Waals surface area contributed by atoms with E-state index in [1.807, 2.05) is 12.1 Å². The fraction of sp³-hybridized carbons (Fsp3) is 0. The van der Waals surface area contributed by atoms with Gasteiger partial charge >= 0.3 is 0 Å². The molecule has 0 saturated carbocycles. The lowest BCUT2D eigenvalue weighted by molar-refractivity contribution is 1.17. The van der Waals surface area contributed by atoms with E-state index in [0.717, 1.165) is 11.3 Å². The third kappa shape index (κ3) is 2.12. The molecule has 0 radical (unpaired) electrons. The Morgan fingerprint density at radius 1 is 1.13 bits per heavy atom. The molecule has 0 spiro atoms. The van der Waals surface area contributed by atoms with Gasteiger partial charge < -0.3 is 0 Å². The van der Waals surface area contributed by atoms with Crippen molar-refractivity contribution < 1.29 is 0 Å². The molecule has 0 aliphatic heterocycles. The second-order valence-corrected chi connectivity index (χ2v) is 3.30. The predicted octanol–water partition coefficient (Wildman–Crippen LogP) is 2.67. The van der Waals surface area contributed by atoms with Crippen molar-refractivity contribution >= 4 is 11.6 Å². The van der Waals surface area contributed by atoms with Gasteiger partial charge in [-0.1, -0.05) is 23.7 Å². The molecule has 0 N–H and O–H groups in total. The van der Waals surface area contributed by atoms with Gasteiger partial charge in [0.1, 0.15) is 11.5 Å². The first-order valence-electron chi connectivity index (χ1n) is 4.27. The van der Waals surface area contributed by atoms with Crippen LogP contribution in [0.2, 0.25) is 5.15 Å². The molecule has 15 heavy (non-hydrogen) atoms. The molecule has 0 aliphatic rings. The van der Waals surface area contributed by atoms with Crippen molar-refractivity contribution in [3.05, 3.63) is 47.4 Å². The van der Waals surface area contributed by atoms with Crippen LogP contribution in [0.4, 0.5) is 0 Å². The standard InChI is InChI=1S/C11H6ClN3/c12-11-5-10(14-7-15-11)9-3-1-8(6-13)2-4-9/h1-5,7H. The summed E-state index contributed by atoms with van der Waals surface area (Å²) in [5, 5.41) is 9.05. The van der Waals surface area contributed by atoms with E-state index in [9.17, 15) is 0 Å². The number of hydrogen-bond donors (Lipinski definition) is 0. The lowest BCUT2D eigenvalue weighted by Crippen LogP contribution is -1.85. The summed E-state index contributed by atoms with van der Waals surface area (Å²) in [4.78, 5) is 7.89. The fourth-order valence-electron chi connectivity index (χ4n) is 1.21. The van der Waals surface area contributed by atoms with Gasteiger partial charge in [-0.2, -0.15) is 5.26 Å². The van der Waals surface area contributed by atoms with Crippen molar-refractivity contribution in [1.29, 1.82) is 5.26 Å². The average molecular weight is 216 g/mol. The van der Waals surface area contributed by atoms with Crippen molar-refractivity contribution in [3.8, 4) is 17.3 Å². The predicted molar refractivity (Wildman–Crippen MR) is 57.2 cm³/mol. The summed E-state index contributed by atoms with van der Waals surface area (Å²) in [5.74, 6) is 0. The Hall–Kier alpha value is -1.92. The SMILES string of the molecule is N#Cc1ccc(-c2cc(Cl)ncn2)cc1. The number of rotatable bonds is 1. The van der Waals surface area contributed by atoms with Crippen LogP contribution in [0.3, 0.4) is 0 Å². The first kappa shape index (κ1) is 9.63. The van der Waals surface area contributed by atoms with E-state index in [0.29, 0.717) is 10.7 Å². The minimum atomic E-state index is 0.407. The number of halogens is 1. The lowest BCUT2D eigenvalue weighted by Gasteiger charge is -1.99. The Bertz CT molecular complexity index is 514. The van der Waals surface area contributed by atoms with Crippen LogP contribution in [0.25, 0.3) is 11.3 Å². The highest BCUT2D eigenvalue weighted by Gasteiger charge is 2.00. The molecule has 1 aromatic carbocycles. The van der Waals surface area contributed by atoms with Crippen LogP contribution < -0.4 is 0 Å². The van der Waals surface area contributed by atoms with Crippen LogP contribution in [0.1, 0.15) is 5.56 Å². The zero-order valence-corrected chi connectivity index (χ0v) is 8.44. The van der Waals surface area contributed by atoms with Crippen molar-refractivity contribution in [2.45, 2.75) is 0 Å². The molecule has 2 rings (SSSR count). The molecule has 0 unspecified atom stereocenters. The molecule has 0 atom stereocenters. The van der Waals surface area contributed by atoms with Gasteiger partial charge in [0.15, 0.2) is 0 Å². The van der Waals surface area contributed by atoms with E-state index in [1.54, 1.807) is 18.2 Å². The van der Waals surface area contributed by atoms with E-state index < -0.39 is 0 Å². The van der Waals surface area contributed by atoms with Crippen LogP contribution in [0, 0.1) is 11.3 Å². The maximum atomic E-state index is 8.65. The Morgan fingerprint density at radius 3 is 2.47 bits per heavy atom. The third-order valence-corrected chi connectivity index (χ3v) is 2.15. The summed E-state index contributed by atoms with van der Waals surface area (Å²) < 4.78 is 0. The van der Waals surface area contributed by atoms with Gasteiger partial charge in [0, 0.05) is 11.6 Å². The molecule has 2 aromatic rings. The molecular formula is C11H6ClN3. The summed E-state index contributed by atoms with van der Waals surface area (Å²) >= 11 is 5.75. The molecule has 1 heterocycles. The van der Waals surface area contributed by atoms with Gasteiger partial charge in [0.25, 0.3) is 0 Å². The fourth-order valence-corrected chi connectivity index (χ4v) is 1.35. The van der Waals surface area contributed by atoms with E-state index >= 15 is 0 Å². The Labute approximate surface area is 92.0 Å². The summed E-state index contributed by atoms with van der Waals surface area (Å²) in [7, 11) is 0. The van der Waals surface area contributed by atoms with Crippen LogP contribution in [-0.4, -0.2) is 9.97 Å². The minimum Gasteiger partial charge on any atom is -0.236 e. The maximum Gasteiger partial charge on any atom is 0.133 e. The average Bonchev–Trinajstić information content (AvgIpc) is 2.29.